The number of halogens is 1. The largest absolute Gasteiger partial charge is 0.348 e. The molecule has 1 N–H and O–H groups in total. The molecule has 3 nitrogen and oxygen atoms in total. The minimum absolute atomic E-state index is 0.0316. The van der Waals surface area contributed by atoms with Gasteiger partial charge in [0, 0.05) is 6.20 Å². The molecule has 1 atom stereocenters. The Morgan fingerprint density at radius 3 is 2.68 bits per heavy atom. The van der Waals surface area contributed by atoms with Gasteiger partial charge in [-0.2, -0.15) is 0 Å². The van der Waals surface area contributed by atoms with Crippen molar-refractivity contribution in [1.29, 1.82) is 0 Å². The van der Waals surface area contributed by atoms with Gasteiger partial charge in [0.2, 0.25) is 5.91 Å². The summed E-state index contributed by atoms with van der Waals surface area (Å²) in [5.41, 5.74) is 1.18. The van der Waals surface area contributed by atoms with E-state index >= 15 is 0 Å². The van der Waals surface area contributed by atoms with Crippen LogP contribution in [0, 0.1) is 5.82 Å². The Bertz CT molecular complexity index is 557. The minimum atomic E-state index is -0.358. The highest BCUT2D eigenvalue weighted by Gasteiger charge is 2.12. The Morgan fingerprint density at radius 1 is 1.26 bits per heavy atom. The Hall–Kier alpha value is -2.23. The van der Waals surface area contributed by atoms with Gasteiger partial charge in [-0.3, -0.25) is 9.78 Å². The first-order valence-electron chi connectivity index (χ1n) is 6.10. The molecule has 2 rings (SSSR count). The maximum absolute atomic E-state index is 13.4. The van der Waals surface area contributed by atoms with Crippen molar-refractivity contribution in [1.82, 2.24) is 10.3 Å². The second-order valence-electron chi connectivity index (χ2n) is 4.31. The summed E-state index contributed by atoms with van der Waals surface area (Å²) in [5, 5.41) is 2.80. The Labute approximate surface area is 111 Å². The monoisotopic (exact) mass is 258 g/mol. The highest BCUT2D eigenvalue weighted by molar-refractivity contribution is 5.79. The third kappa shape index (κ3) is 3.61. The molecule has 0 aliphatic rings. The van der Waals surface area contributed by atoms with Gasteiger partial charge in [0.1, 0.15) is 5.82 Å². The van der Waals surface area contributed by atoms with Gasteiger partial charge in [-0.1, -0.05) is 24.3 Å². The molecule has 0 aliphatic carbocycles. The lowest BCUT2D eigenvalue weighted by atomic mass is 10.1. The second-order valence-corrected chi connectivity index (χ2v) is 4.31. The van der Waals surface area contributed by atoms with Gasteiger partial charge in [-0.05, 0) is 30.7 Å². The standard InChI is InChI=1S/C15H15FN2O/c1-11(14-8-4-5-9-17-14)18-15(19)10-12-6-2-3-7-13(12)16/h2-9,11H,10H2,1H3,(H,18,19)/t11-/m1/s1. The minimum Gasteiger partial charge on any atom is -0.348 e. The van der Waals surface area contributed by atoms with Crippen LogP contribution in [0.1, 0.15) is 24.2 Å². The van der Waals surface area contributed by atoms with Gasteiger partial charge in [0.25, 0.3) is 0 Å². The fourth-order valence-corrected chi connectivity index (χ4v) is 1.81. The number of rotatable bonds is 4. The average Bonchev–Trinajstić information content (AvgIpc) is 2.42. The fourth-order valence-electron chi connectivity index (χ4n) is 1.81. The van der Waals surface area contributed by atoms with Crippen LogP contribution in [0.4, 0.5) is 4.39 Å². The van der Waals surface area contributed by atoms with E-state index in [4.69, 9.17) is 0 Å². The number of benzene rings is 1. The molecule has 0 aliphatic heterocycles. The Balaban J connectivity index is 1.97. The third-order valence-electron chi connectivity index (χ3n) is 2.82. The third-order valence-corrected chi connectivity index (χ3v) is 2.82. The zero-order chi connectivity index (χ0) is 13.7. The number of nitrogens with one attached hydrogen (secondary N) is 1. The van der Waals surface area contributed by atoms with E-state index < -0.39 is 0 Å². The molecule has 0 spiro atoms. The Morgan fingerprint density at radius 2 is 2.00 bits per heavy atom. The van der Waals surface area contributed by atoms with Crippen molar-refractivity contribution in [3.63, 3.8) is 0 Å². The maximum atomic E-state index is 13.4. The molecule has 1 aromatic carbocycles. The van der Waals surface area contributed by atoms with Gasteiger partial charge >= 0.3 is 0 Å². The van der Waals surface area contributed by atoms with E-state index in [2.05, 4.69) is 10.3 Å². The molecule has 0 saturated carbocycles. The summed E-state index contributed by atoms with van der Waals surface area (Å²) in [4.78, 5) is 16.0. The second kappa shape index (κ2) is 6.09. The lowest BCUT2D eigenvalue weighted by Crippen LogP contribution is -2.28. The number of amides is 1. The molecule has 1 amide bonds. The van der Waals surface area contributed by atoms with Crippen LogP contribution in [-0.2, 0) is 11.2 Å². The fraction of sp³-hybridized carbons (Fsp3) is 0.200. The van der Waals surface area contributed by atoms with E-state index in [1.54, 1.807) is 24.4 Å². The molecule has 0 unspecified atom stereocenters. The molecule has 1 aromatic heterocycles. The van der Waals surface area contributed by atoms with Crippen molar-refractivity contribution in [2.75, 3.05) is 0 Å². The van der Waals surface area contributed by atoms with E-state index in [-0.39, 0.29) is 24.2 Å². The van der Waals surface area contributed by atoms with Crippen LogP contribution in [0.5, 0.6) is 0 Å². The molecular formula is C15H15FN2O. The topological polar surface area (TPSA) is 42.0 Å². The summed E-state index contributed by atoms with van der Waals surface area (Å²) in [7, 11) is 0. The number of hydrogen-bond acceptors (Lipinski definition) is 2. The summed E-state index contributed by atoms with van der Waals surface area (Å²) < 4.78 is 13.4. The van der Waals surface area contributed by atoms with Crippen LogP contribution in [0.3, 0.4) is 0 Å². The number of pyridine rings is 1. The van der Waals surface area contributed by atoms with E-state index in [0.29, 0.717) is 5.56 Å². The van der Waals surface area contributed by atoms with Crippen LogP contribution in [0.15, 0.2) is 48.7 Å². The van der Waals surface area contributed by atoms with Crippen LogP contribution in [0.25, 0.3) is 0 Å². The lowest BCUT2D eigenvalue weighted by molar-refractivity contribution is -0.121. The molecule has 0 fully saturated rings. The highest BCUT2D eigenvalue weighted by atomic mass is 19.1. The number of carbonyl (C=O) groups is 1. The number of nitrogens with zero attached hydrogens (tertiary/aromatic N) is 1. The van der Waals surface area contributed by atoms with E-state index in [1.165, 1.54) is 6.07 Å². The predicted octanol–water partition coefficient (Wildman–Crippen LogP) is 2.64. The first-order valence-corrected chi connectivity index (χ1v) is 6.10. The molecule has 1 heterocycles. The molecule has 98 valence electrons. The summed E-state index contributed by atoms with van der Waals surface area (Å²) in [5.74, 6) is -0.577. The maximum Gasteiger partial charge on any atom is 0.225 e. The van der Waals surface area contributed by atoms with E-state index in [9.17, 15) is 9.18 Å². The zero-order valence-corrected chi connectivity index (χ0v) is 10.6. The van der Waals surface area contributed by atoms with E-state index in [1.807, 2.05) is 25.1 Å². The van der Waals surface area contributed by atoms with Gasteiger partial charge in [-0.25, -0.2) is 4.39 Å². The van der Waals surface area contributed by atoms with Crippen molar-refractivity contribution < 1.29 is 9.18 Å². The highest BCUT2D eigenvalue weighted by Crippen LogP contribution is 2.10. The van der Waals surface area contributed by atoms with Crippen LogP contribution < -0.4 is 5.32 Å². The van der Waals surface area contributed by atoms with Crippen molar-refractivity contribution >= 4 is 5.91 Å². The molecule has 0 radical (unpaired) electrons. The van der Waals surface area contributed by atoms with Gasteiger partial charge in [0.05, 0.1) is 18.2 Å². The predicted molar refractivity (Wildman–Crippen MR) is 70.9 cm³/mol. The zero-order valence-electron chi connectivity index (χ0n) is 10.6. The summed E-state index contributed by atoms with van der Waals surface area (Å²) in [6.45, 7) is 1.85. The molecule has 2 aromatic rings. The van der Waals surface area contributed by atoms with Crippen LogP contribution in [-0.4, -0.2) is 10.9 Å². The molecular weight excluding hydrogens is 243 g/mol. The first kappa shape index (κ1) is 13.2. The van der Waals surface area contributed by atoms with Crippen molar-refractivity contribution in [2.24, 2.45) is 0 Å². The van der Waals surface area contributed by atoms with Crippen molar-refractivity contribution in [3.8, 4) is 0 Å². The van der Waals surface area contributed by atoms with Crippen LogP contribution >= 0.6 is 0 Å². The summed E-state index contributed by atoms with van der Waals surface area (Å²) in [6, 6.07) is 11.6. The molecule has 19 heavy (non-hydrogen) atoms. The molecule has 0 bridgehead atoms. The van der Waals surface area contributed by atoms with Crippen molar-refractivity contribution in [2.45, 2.75) is 19.4 Å². The van der Waals surface area contributed by atoms with Crippen molar-refractivity contribution in [3.05, 3.63) is 65.7 Å². The Kier molecular flexibility index (Phi) is 4.23. The summed E-state index contributed by atoms with van der Waals surface area (Å²) >= 11 is 0. The SMILES string of the molecule is C[C@@H](NC(=O)Cc1ccccc1F)c1ccccn1. The lowest BCUT2D eigenvalue weighted by Gasteiger charge is -2.13. The average molecular weight is 258 g/mol. The smallest absolute Gasteiger partial charge is 0.225 e. The summed E-state index contributed by atoms with van der Waals surface area (Å²) in [6.07, 6.45) is 1.71. The van der Waals surface area contributed by atoms with Gasteiger partial charge in [0.15, 0.2) is 0 Å². The normalized spacial score (nSPS) is 11.9. The molecule has 4 heteroatoms. The van der Waals surface area contributed by atoms with Gasteiger partial charge in [-0.15, -0.1) is 0 Å². The van der Waals surface area contributed by atoms with Gasteiger partial charge < -0.3 is 5.32 Å². The van der Waals surface area contributed by atoms with Crippen LogP contribution in [0.2, 0.25) is 0 Å². The quantitative estimate of drug-likeness (QED) is 0.916. The first-order chi connectivity index (χ1) is 9.16. The van der Waals surface area contributed by atoms with E-state index in [0.717, 1.165) is 5.69 Å². The number of carbonyl (C=O) groups excluding carboxylic acids is 1. The number of aromatic nitrogens is 1. The number of hydrogen-bond donors (Lipinski definition) is 1. The molecule has 0 saturated heterocycles.